The minimum Gasteiger partial charge on any atom is -0.366 e. The summed E-state index contributed by atoms with van der Waals surface area (Å²) in [6, 6.07) is 0.461. The third kappa shape index (κ3) is 5.43. The Morgan fingerprint density at radius 1 is 1.47 bits per heavy atom. The van der Waals surface area contributed by atoms with E-state index in [-0.39, 0.29) is 0 Å². The van der Waals surface area contributed by atoms with E-state index in [2.05, 4.69) is 30.3 Å². The number of nitrogens with zero attached hydrogens (tertiary/aromatic N) is 2. The molecule has 0 aromatic carbocycles. The molecule has 0 bridgehead atoms. The second-order valence-corrected chi connectivity index (χ2v) is 5.99. The fourth-order valence-corrected chi connectivity index (χ4v) is 2.80. The smallest absolute Gasteiger partial charge is 0.0807 e. The quantitative estimate of drug-likeness (QED) is 0.534. The molecule has 0 spiro atoms. The molecule has 0 aliphatic carbocycles. The summed E-state index contributed by atoms with van der Waals surface area (Å²) in [6.45, 7) is 12.4. The monoisotopic (exact) mass is 280 g/mol. The van der Waals surface area contributed by atoms with Crippen molar-refractivity contribution in [1.29, 1.82) is 0 Å². The van der Waals surface area contributed by atoms with Crippen LogP contribution < -0.4 is 0 Å². The van der Waals surface area contributed by atoms with E-state index in [0.717, 1.165) is 36.6 Å². The molecule has 1 aliphatic rings. The number of unbranched alkanes of at least 4 members (excludes halogenated alkanes) is 1. The lowest BCUT2D eigenvalue weighted by Gasteiger charge is -2.34. The Morgan fingerprint density at radius 3 is 2.63 bits per heavy atom. The highest BCUT2D eigenvalue weighted by Crippen LogP contribution is 2.19. The van der Waals surface area contributed by atoms with Crippen LogP contribution in [0.5, 0.6) is 0 Å². The average Bonchev–Trinajstić information content (AvgIpc) is 2.44. The first-order valence-corrected chi connectivity index (χ1v) is 7.95. The molecule has 108 valence electrons. The molecule has 0 aromatic heterocycles. The van der Waals surface area contributed by atoms with Gasteiger partial charge in [0, 0.05) is 24.7 Å². The van der Waals surface area contributed by atoms with Crippen LogP contribution in [0.3, 0.4) is 0 Å². The molecule has 0 N–H and O–H groups in total. The summed E-state index contributed by atoms with van der Waals surface area (Å²) in [5.41, 5.74) is 1.05. The third-order valence-electron chi connectivity index (χ3n) is 3.87. The number of piperidine rings is 1. The van der Waals surface area contributed by atoms with Gasteiger partial charge in [0.2, 0.25) is 0 Å². The molecule has 0 aromatic rings. The standard InChI is InChI=1S/C16H28N2S/c1-5-7-8-13(3)16(19)18-11-9-15(10-12-18)17-14(4)6-2/h6,13,15H,2,5,7-12H2,1,3-4H3. The highest BCUT2D eigenvalue weighted by Gasteiger charge is 2.22. The van der Waals surface area contributed by atoms with E-state index >= 15 is 0 Å². The summed E-state index contributed by atoms with van der Waals surface area (Å²) in [6.07, 6.45) is 7.83. The second-order valence-electron chi connectivity index (χ2n) is 5.57. The van der Waals surface area contributed by atoms with Gasteiger partial charge < -0.3 is 4.90 Å². The average molecular weight is 280 g/mol. The van der Waals surface area contributed by atoms with Gasteiger partial charge in [0.15, 0.2) is 0 Å². The van der Waals surface area contributed by atoms with Crippen molar-refractivity contribution in [2.45, 2.75) is 58.9 Å². The zero-order chi connectivity index (χ0) is 14.3. The van der Waals surface area contributed by atoms with Gasteiger partial charge in [-0.25, -0.2) is 0 Å². The maximum absolute atomic E-state index is 5.63. The van der Waals surface area contributed by atoms with Crippen molar-refractivity contribution >= 4 is 22.9 Å². The molecule has 1 rings (SSSR count). The van der Waals surface area contributed by atoms with Crippen molar-refractivity contribution in [3.05, 3.63) is 12.7 Å². The summed E-state index contributed by atoms with van der Waals surface area (Å²) in [4.78, 5) is 8.23. The minimum atomic E-state index is 0.461. The molecule has 2 nitrogen and oxygen atoms in total. The zero-order valence-corrected chi connectivity index (χ0v) is 13.5. The fourth-order valence-electron chi connectivity index (χ4n) is 2.50. The zero-order valence-electron chi connectivity index (χ0n) is 12.7. The molecule has 3 heteroatoms. The maximum Gasteiger partial charge on any atom is 0.0807 e. The van der Waals surface area contributed by atoms with Crippen molar-refractivity contribution in [2.75, 3.05) is 13.1 Å². The van der Waals surface area contributed by atoms with Crippen molar-refractivity contribution < 1.29 is 0 Å². The van der Waals surface area contributed by atoms with Gasteiger partial charge in [0.1, 0.15) is 0 Å². The summed E-state index contributed by atoms with van der Waals surface area (Å²) in [5.74, 6) is 0.546. The molecule has 0 amide bonds. The molecule has 1 heterocycles. The molecule has 1 fully saturated rings. The van der Waals surface area contributed by atoms with Crippen molar-refractivity contribution in [3.63, 3.8) is 0 Å². The number of hydrogen-bond acceptors (Lipinski definition) is 2. The molecule has 1 atom stereocenters. The highest BCUT2D eigenvalue weighted by molar-refractivity contribution is 7.80. The fraction of sp³-hybridized carbons (Fsp3) is 0.750. The number of hydrogen-bond donors (Lipinski definition) is 0. The summed E-state index contributed by atoms with van der Waals surface area (Å²) < 4.78 is 0. The van der Waals surface area contributed by atoms with E-state index in [1.165, 1.54) is 19.3 Å². The van der Waals surface area contributed by atoms with Crippen LogP contribution >= 0.6 is 12.2 Å². The first kappa shape index (κ1) is 16.4. The van der Waals surface area contributed by atoms with Crippen molar-refractivity contribution in [1.82, 2.24) is 4.90 Å². The Kier molecular flexibility index (Phi) is 7.29. The van der Waals surface area contributed by atoms with E-state index in [4.69, 9.17) is 12.2 Å². The van der Waals surface area contributed by atoms with Crippen LogP contribution in [-0.2, 0) is 0 Å². The van der Waals surface area contributed by atoms with Crippen LogP contribution in [0.1, 0.15) is 52.9 Å². The van der Waals surface area contributed by atoms with Crippen molar-refractivity contribution in [3.8, 4) is 0 Å². The Labute approximate surface area is 124 Å². The first-order chi connectivity index (χ1) is 9.08. The van der Waals surface area contributed by atoms with E-state index in [1.807, 2.05) is 13.0 Å². The van der Waals surface area contributed by atoms with Gasteiger partial charge in [-0.2, -0.15) is 0 Å². The Balaban J connectivity index is 2.40. The molecular weight excluding hydrogens is 252 g/mol. The predicted octanol–water partition coefficient (Wildman–Crippen LogP) is 4.25. The topological polar surface area (TPSA) is 15.6 Å². The Hall–Kier alpha value is -0.700. The van der Waals surface area contributed by atoms with Crippen LogP contribution in [0.15, 0.2) is 17.6 Å². The first-order valence-electron chi connectivity index (χ1n) is 7.54. The van der Waals surface area contributed by atoms with Crippen molar-refractivity contribution in [2.24, 2.45) is 10.9 Å². The molecule has 19 heavy (non-hydrogen) atoms. The molecule has 1 saturated heterocycles. The largest absolute Gasteiger partial charge is 0.366 e. The van der Waals surface area contributed by atoms with Crippen LogP contribution in [0.2, 0.25) is 0 Å². The molecule has 1 aliphatic heterocycles. The second kappa shape index (κ2) is 8.47. The van der Waals surface area contributed by atoms with Gasteiger partial charge in [-0.15, -0.1) is 0 Å². The highest BCUT2D eigenvalue weighted by atomic mass is 32.1. The van der Waals surface area contributed by atoms with Gasteiger partial charge in [-0.05, 0) is 32.3 Å². The predicted molar refractivity (Wildman–Crippen MR) is 89.2 cm³/mol. The molecule has 0 radical (unpaired) electrons. The number of aliphatic imine (C=N–C) groups is 1. The van der Waals surface area contributed by atoms with E-state index in [9.17, 15) is 0 Å². The van der Waals surface area contributed by atoms with Crippen LogP contribution in [0.25, 0.3) is 0 Å². The summed E-state index contributed by atoms with van der Waals surface area (Å²) in [7, 11) is 0. The van der Waals surface area contributed by atoms with Crippen LogP contribution in [0.4, 0.5) is 0 Å². The summed E-state index contributed by atoms with van der Waals surface area (Å²) in [5, 5.41) is 0. The van der Waals surface area contributed by atoms with Crippen LogP contribution in [-0.4, -0.2) is 34.7 Å². The van der Waals surface area contributed by atoms with E-state index in [0.29, 0.717) is 12.0 Å². The Bertz CT molecular complexity index is 328. The van der Waals surface area contributed by atoms with Gasteiger partial charge in [-0.1, -0.05) is 45.5 Å². The SMILES string of the molecule is C=CC(C)=NC1CCN(C(=S)C(C)CCCC)CC1. The lowest BCUT2D eigenvalue weighted by molar-refractivity contribution is 0.306. The van der Waals surface area contributed by atoms with Crippen LogP contribution in [0, 0.1) is 5.92 Å². The van der Waals surface area contributed by atoms with Gasteiger partial charge in [-0.3, -0.25) is 4.99 Å². The third-order valence-corrected chi connectivity index (χ3v) is 4.53. The van der Waals surface area contributed by atoms with Gasteiger partial charge >= 0.3 is 0 Å². The maximum atomic E-state index is 5.63. The molecule has 1 unspecified atom stereocenters. The normalized spacial score (nSPS) is 19.3. The van der Waals surface area contributed by atoms with E-state index in [1.54, 1.807) is 0 Å². The molecule has 0 saturated carbocycles. The Morgan fingerprint density at radius 2 is 2.11 bits per heavy atom. The number of rotatable bonds is 6. The summed E-state index contributed by atoms with van der Waals surface area (Å²) >= 11 is 5.63. The lowest BCUT2D eigenvalue weighted by Crippen LogP contribution is -2.41. The number of thiocarbonyl (C=S) groups is 1. The van der Waals surface area contributed by atoms with E-state index < -0.39 is 0 Å². The van der Waals surface area contributed by atoms with Gasteiger partial charge in [0.25, 0.3) is 0 Å². The molecular formula is C16H28N2S. The lowest BCUT2D eigenvalue weighted by atomic mass is 10.0. The number of allylic oxidation sites excluding steroid dienone is 1. The minimum absolute atomic E-state index is 0.461. The van der Waals surface area contributed by atoms with Gasteiger partial charge in [0.05, 0.1) is 11.0 Å². The number of likely N-dealkylation sites (tertiary alicyclic amines) is 1.